The van der Waals surface area contributed by atoms with Crippen LogP contribution < -0.4 is 4.74 Å². The SMILES string of the molecule is COc1ccccc1C(=O)N(Cc1cnc2ccccn12)Cc1cnc2ccccn12. The van der Waals surface area contributed by atoms with E-state index in [1.165, 1.54) is 0 Å². The minimum Gasteiger partial charge on any atom is -0.496 e. The summed E-state index contributed by atoms with van der Waals surface area (Å²) in [7, 11) is 1.57. The van der Waals surface area contributed by atoms with Gasteiger partial charge in [-0.3, -0.25) is 4.79 Å². The van der Waals surface area contributed by atoms with Gasteiger partial charge < -0.3 is 18.4 Å². The predicted molar refractivity (Wildman–Crippen MR) is 117 cm³/mol. The van der Waals surface area contributed by atoms with Crippen LogP contribution in [0.5, 0.6) is 5.75 Å². The van der Waals surface area contributed by atoms with E-state index >= 15 is 0 Å². The summed E-state index contributed by atoms with van der Waals surface area (Å²) in [5, 5.41) is 0. The minimum absolute atomic E-state index is 0.116. The summed E-state index contributed by atoms with van der Waals surface area (Å²) in [4.78, 5) is 24.4. The van der Waals surface area contributed by atoms with Crippen molar-refractivity contribution in [2.24, 2.45) is 0 Å². The van der Waals surface area contributed by atoms with Gasteiger partial charge in [-0.15, -0.1) is 0 Å². The highest BCUT2D eigenvalue weighted by Crippen LogP contribution is 2.22. The van der Waals surface area contributed by atoms with E-state index in [0.717, 1.165) is 22.7 Å². The van der Waals surface area contributed by atoms with E-state index in [4.69, 9.17) is 4.74 Å². The second kappa shape index (κ2) is 7.95. The normalized spacial score (nSPS) is 11.1. The zero-order valence-electron chi connectivity index (χ0n) is 17.0. The van der Waals surface area contributed by atoms with Crippen molar-refractivity contribution in [3.05, 3.63) is 102 Å². The molecule has 0 spiro atoms. The Balaban J connectivity index is 1.55. The molecule has 0 unspecified atom stereocenters. The van der Waals surface area contributed by atoms with Crippen LogP contribution in [0, 0.1) is 0 Å². The van der Waals surface area contributed by atoms with Crippen LogP contribution in [0.25, 0.3) is 11.3 Å². The monoisotopic (exact) mass is 411 g/mol. The molecule has 5 aromatic rings. The zero-order chi connectivity index (χ0) is 21.2. The fourth-order valence-electron chi connectivity index (χ4n) is 3.79. The Morgan fingerprint density at radius 3 is 1.97 bits per heavy atom. The van der Waals surface area contributed by atoms with Crippen LogP contribution in [-0.4, -0.2) is 36.7 Å². The number of imidazole rings is 2. The first-order chi connectivity index (χ1) is 15.2. The van der Waals surface area contributed by atoms with Crippen molar-refractivity contribution in [1.82, 2.24) is 23.7 Å². The topological polar surface area (TPSA) is 64.1 Å². The number of hydrogen-bond donors (Lipinski definition) is 0. The van der Waals surface area contributed by atoms with E-state index in [1.54, 1.807) is 24.1 Å². The lowest BCUT2D eigenvalue weighted by Gasteiger charge is -2.23. The molecule has 7 heteroatoms. The molecule has 31 heavy (non-hydrogen) atoms. The zero-order valence-corrected chi connectivity index (χ0v) is 17.0. The van der Waals surface area contributed by atoms with Gasteiger partial charge in [0.15, 0.2) is 0 Å². The number of para-hydroxylation sites is 1. The van der Waals surface area contributed by atoms with Crippen LogP contribution in [0.3, 0.4) is 0 Å². The standard InChI is InChI=1S/C24H21N5O2/c1-31-21-9-3-2-8-20(21)24(30)27(16-18-14-25-22-10-4-6-12-28(18)22)17-19-15-26-23-11-5-7-13-29(19)23/h2-15H,16-17H2,1H3. The summed E-state index contributed by atoms with van der Waals surface area (Å²) in [6.07, 6.45) is 7.54. The Bertz CT molecular complexity index is 1290. The van der Waals surface area contributed by atoms with Crippen molar-refractivity contribution in [3.63, 3.8) is 0 Å². The summed E-state index contributed by atoms with van der Waals surface area (Å²) in [5.41, 5.74) is 4.06. The number of fused-ring (bicyclic) bond motifs is 2. The van der Waals surface area contributed by atoms with Gasteiger partial charge in [0.2, 0.25) is 0 Å². The number of amides is 1. The van der Waals surface area contributed by atoms with E-state index in [1.807, 2.05) is 82.1 Å². The first-order valence-corrected chi connectivity index (χ1v) is 9.99. The van der Waals surface area contributed by atoms with Crippen molar-refractivity contribution >= 4 is 17.2 Å². The molecule has 1 amide bonds. The predicted octanol–water partition coefficient (Wildman–Crippen LogP) is 3.83. The second-order valence-electron chi connectivity index (χ2n) is 7.22. The first-order valence-electron chi connectivity index (χ1n) is 9.99. The lowest BCUT2D eigenvalue weighted by Crippen LogP contribution is -2.31. The molecule has 5 rings (SSSR count). The molecule has 0 atom stereocenters. The summed E-state index contributed by atoms with van der Waals surface area (Å²) >= 11 is 0. The molecule has 0 fully saturated rings. The maximum Gasteiger partial charge on any atom is 0.258 e. The van der Waals surface area contributed by atoms with Gasteiger partial charge in [0.05, 0.1) is 49.5 Å². The fraction of sp³-hybridized carbons (Fsp3) is 0.125. The molecule has 0 aliphatic rings. The van der Waals surface area contributed by atoms with Crippen molar-refractivity contribution in [3.8, 4) is 5.75 Å². The third-order valence-corrected chi connectivity index (χ3v) is 5.32. The third-order valence-electron chi connectivity index (χ3n) is 5.32. The van der Waals surface area contributed by atoms with Gasteiger partial charge in [-0.1, -0.05) is 24.3 Å². The number of pyridine rings is 2. The van der Waals surface area contributed by atoms with Gasteiger partial charge in [0, 0.05) is 12.4 Å². The number of aromatic nitrogens is 4. The molecule has 0 radical (unpaired) electrons. The molecule has 0 saturated heterocycles. The van der Waals surface area contributed by atoms with Gasteiger partial charge >= 0.3 is 0 Å². The molecule has 154 valence electrons. The lowest BCUT2D eigenvalue weighted by molar-refractivity contribution is 0.0721. The Morgan fingerprint density at radius 2 is 1.39 bits per heavy atom. The number of carbonyl (C=O) groups excluding carboxylic acids is 1. The summed E-state index contributed by atoms with van der Waals surface area (Å²) in [6, 6.07) is 19.0. The highest BCUT2D eigenvalue weighted by atomic mass is 16.5. The smallest absolute Gasteiger partial charge is 0.258 e. The Hall–Kier alpha value is -4.13. The lowest BCUT2D eigenvalue weighted by atomic mass is 10.1. The number of rotatable bonds is 6. The highest BCUT2D eigenvalue weighted by molar-refractivity contribution is 5.96. The molecular formula is C24H21N5O2. The maximum atomic E-state index is 13.6. The number of methoxy groups -OCH3 is 1. The molecule has 4 heterocycles. The Kier molecular flexibility index (Phi) is 4.84. The molecule has 7 nitrogen and oxygen atoms in total. The van der Waals surface area contributed by atoms with E-state index in [2.05, 4.69) is 9.97 Å². The number of nitrogens with zero attached hydrogens (tertiary/aromatic N) is 5. The van der Waals surface area contributed by atoms with Gasteiger partial charge in [0.1, 0.15) is 17.0 Å². The van der Waals surface area contributed by atoms with E-state index in [9.17, 15) is 4.79 Å². The van der Waals surface area contributed by atoms with E-state index in [0.29, 0.717) is 24.4 Å². The van der Waals surface area contributed by atoms with Crippen LogP contribution in [0.2, 0.25) is 0 Å². The fourth-order valence-corrected chi connectivity index (χ4v) is 3.79. The number of carbonyl (C=O) groups is 1. The quantitative estimate of drug-likeness (QED) is 0.426. The van der Waals surface area contributed by atoms with E-state index < -0.39 is 0 Å². The first kappa shape index (κ1) is 18.9. The van der Waals surface area contributed by atoms with Crippen LogP contribution in [0.15, 0.2) is 85.5 Å². The highest BCUT2D eigenvalue weighted by Gasteiger charge is 2.22. The van der Waals surface area contributed by atoms with Crippen LogP contribution in [0.4, 0.5) is 0 Å². The molecule has 0 aliphatic carbocycles. The van der Waals surface area contributed by atoms with Crippen molar-refractivity contribution in [2.75, 3.05) is 7.11 Å². The number of ether oxygens (including phenoxy) is 1. The van der Waals surface area contributed by atoms with Crippen LogP contribution in [-0.2, 0) is 13.1 Å². The van der Waals surface area contributed by atoms with Crippen LogP contribution in [0.1, 0.15) is 21.7 Å². The van der Waals surface area contributed by atoms with Crippen molar-refractivity contribution in [1.29, 1.82) is 0 Å². The largest absolute Gasteiger partial charge is 0.496 e. The Labute approximate surface area is 179 Å². The maximum absolute atomic E-state index is 13.6. The molecule has 0 saturated carbocycles. The van der Waals surface area contributed by atoms with Gasteiger partial charge in [-0.25, -0.2) is 9.97 Å². The Morgan fingerprint density at radius 1 is 0.839 bits per heavy atom. The second-order valence-corrected chi connectivity index (χ2v) is 7.22. The minimum atomic E-state index is -0.116. The van der Waals surface area contributed by atoms with Gasteiger partial charge in [0.25, 0.3) is 5.91 Å². The van der Waals surface area contributed by atoms with Crippen LogP contribution >= 0.6 is 0 Å². The molecule has 0 bridgehead atoms. The average Bonchev–Trinajstić information content (AvgIpc) is 3.42. The number of hydrogen-bond acceptors (Lipinski definition) is 4. The molecule has 0 aliphatic heterocycles. The molecule has 1 aromatic carbocycles. The molecule has 0 N–H and O–H groups in total. The summed E-state index contributed by atoms with van der Waals surface area (Å²) < 4.78 is 9.44. The van der Waals surface area contributed by atoms with Crippen molar-refractivity contribution in [2.45, 2.75) is 13.1 Å². The average molecular weight is 411 g/mol. The molecular weight excluding hydrogens is 390 g/mol. The van der Waals surface area contributed by atoms with E-state index in [-0.39, 0.29) is 5.91 Å². The van der Waals surface area contributed by atoms with Crippen molar-refractivity contribution < 1.29 is 9.53 Å². The summed E-state index contributed by atoms with van der Waals surface area (Å²) in [5.74, 6) is 0.433. The van der Waals surface area contributed by atoms with Gasteiger partial charge in [-0.05, 0) is 36.4 Å². The summed E-state index contributed by atoms with van der Waals surface area (Å²) in [6.45, 7) is 0.782. The number of benzene rings is 1. The van der Waals surface area contributed by atoms with Gasteiger partial charge in [-0.2, -0.15) is 0 Å². The molecule has 4 aromatic heterocycles. The third kappa shape index (κ3) is 3.50.